The van der Waals surface area contributed by atoms with Gasteiger partial charge in [0.15, 0.2) is 0 Å². The van der Waals surface area contributed by atoms with Gasteiger partial charge in [0.2, 0.25) is 0 Å². The normalized spacial score (nSPS) is 19.3. The molecule has 0 N–H and O–H groups in total. The fourth-order valence-electron chi connectivity index (χ4n) is 3.02. The summed E-state index contributed by atoms with van der Waals surface area (Å²) in [4.78, 5) is 0. The second-order valence-electron chi connectivity index (χ2n) is 4.74. The van der Waals surface area contributed by atoms with E-state index in [4.69, 9.17) is 11.6 Å². The van der Waals surface area contributed by atoms with Crippen LogP contribution in [0.25, 0.3) is 0 Å². The van der Waals surface area contributed by atoms with Crippen molar-refractivity contribution in [3.63, 3.8) is 0 Å². The first-order chi connectivity index (χ1) is 7.27. The van der Waals surface area contributed by atoms with E-state index in [1.165, 1.54) is 44.1 Å². The molecule has 15 heavy (non-hydrogen) atoms. The van der Waals surface area contributed by atoms with Crippen molar-refractivity contribution in [3.8, 4) is 0 Å². The average molecular weight is 223 g/mol. The van der Waals surface area contributed by atoms with Gasteiger partial charge in [-0.1, -0.05) is 49.9 Å². The van der Waals surface area contributed by atoms with Crippen LogP contribution < -0.4 is 0 Å². The van der Waals surface area contributed by atoms with E-state index >= 15 is 0 Å². The maximum atomic E-state index is 5.94. The van der Waals surface area contributed by atoms with E-state index in [2.05, 4.69) is 19.1 Å². The Morgan fingerprint density at radius 3 is 2.27 bits per heavy atom. The summed E-state index contributed by atoms with van der Waals surface area (Å²) < 4.78 is 0. The van der Waals surface area contributed by atoms with Gasteiger partial charge in [0.25, 0.3) is 0 Å². The molecule has 0 bridgehead atoms. The molecular weight excluding hydrogens is 204 g/mol. The highest BCUT2D eigenvalue weighted by Gasteiger charge is 2.34. The van der Waals surface area contributed by atoms with Crippen molar-refractivity contribution in [1.29, 1.82) is 0 Å². The second kappa shape index (κ2) is 4.57. The quantitative estimate of drug-likeness (QED) is 0.679. The molecule has 1 aliphatic carbocycles. The molecule has 0 aliphatic heterocycles. The molecule has 1 fully saturated rings. The Morgan fingerprint density at radius 1 is 1.13 bits per heavy atom. The van der Waals surface area contributed by atoms with Gasteiger partial charge in [0.1, 0.15) is 0 Å². The SMILES string of the molecule is CCCC1(c2ccc(Cl)cc2)CCCC1. The van der Waals surface area contributed by atoms with Crippen LogP contribution in [-0.4, -0.2) is 0 Å². The van der Waals surface area contributed by atoms with Crippen molar-refractivity contribution >= 4 is 11.6 Å². The number of hydrogen-bond acceptors (Lipinski definition) is 0. The van der Waals surface area contributed by atoms with Crippen LogP contribution in [0.1, 0.15) is 51.0 Å². The maximum Gasteiger partial charge on any atom is 0.0406 e. The van der Waals surface area contributed by atoms with Gasteiger partial charge in [-0.15, -0.1) is 0 Å². The Bertz CT molecular complexity index is 307. The van der Waals surface area contributed by atoms with Crippen LogP contribution in [0.4, 0.5) is 0 Å². The van der Waals surface area contributed by atoms with E-state index < -0.39 is 0 Å². The zero-order valence-corrected chi connectivity index (χ0v) is 10.2. The summed E-state index contributed by atoms with van der Waals surface area (Å²) in [6.07, 6.45) is 8.12. The van der Waals surface area contributed by atoms with Crippen molar-refractivity contribution < 1.29 is 0 Å². The van der Waals surface area contributed by atoms with E-state index in [0.29, 0.717) is 5.41 Å². The molecule has 0 unspecified atom stereocenters. The van der Waals surface area contributed by atoms with Gasteiger partial charge in [-0.25, -0.2) is 0 Å². The van der Waals surface area contributed by atoms with Crippen LogP contribution in [0, 0.1) is 0 Å². The van der Waals surface area contributed by atoms with Crippen molar-refractivity contribution in [2.75, 3.05) is 0 Å². The highest BCUT2D eigenvalue weighted by atomic mass is 35.5. The predicted octanol–water partition coefficient (Wildman–Crippen LogP) is 4.95. The first-order valence-corrected chi connectivity index (χ1v) is 6.41. The lowest BCUT2D eigenvalue weighted by molar-refractivity contribution is 0.401. The highest BCUT2D eigenvalue weighted by Crippen LogP contribution is 2.44. The van der Waals surface area contributed by atoms with Crippen molar-refractivity contribution in [1.82, 2.24) is 0 Å². The summed E-state index contributed by atoms with van der Waals surface area (Å²) in [5.41, 5.74) is 1.98. The Kier molecular flexibility index (Phi) is 3.35. The van der Waals surface area contributed by atoms with Crippen LogP contribution in [0.3, 0.4) is 0 Å². The van der Waals surface area contributed by atoms with E-state index in [1.807, 2.05) is 12.1 Å². The van der Waals surface area contributed by atoms with Crippen LogP contribution in [0.2, 0.25) is 5.02 Å². The van der Waals surface area contributed by atoms with Gasteiger partial charge in [0, 0.05) is 5.02 Å². The van der Waals surface area contributed by atoms with Crippen molar-refractivity contribution in [3.05, 3.63) is 34.9 Å². The minimum absolute atomic E-state index is 0.472. The topological polar surface area (TPSA) is 0 Å². The van der Waals surface area contributed by atoms with Crippen molar-refractivity contribution in [2.45, 2.75) is 50.9 Å². The van der Waals surface area contributed by atoms with Gasteiger partial charge in [-0.2, -0.15) is 0 Å². The molecule has 1 aromatic rings. The zero-order chi connectivity index (χ0) is 10.7. The predicted molar refractivity (Wildman–Crippen MR) is 66.5 cm³/mol. The molecule has 0 heterocycles. The van der Waals surface area contributed by atoms with Gasteiger partial charge in [-0.3, -0.25) is 0 Å². The first-order valence-electron chi connectivity index (χ1n) is 6.03. The minimum Gasteiger partial charge on any atom is -0.0843 e. The molecule has 0 spiro atoms. The molecule has 2 rings (SSSR count). The number of hydrogen-bond donors (Lipinski definition) is 0. The number of rotatable bonds is 3. The number of halogens is 1. The number of benzene rings is 1. The van der Waals surface area contributed by atoms with E-state index in [0.717, 1.165) is 5.02 Å². The second-order valence-corrected chi connectivity index (χ2v) is 5.18. The van der Waals surface area contributed by atoms with Crippen LogP contribution in [0.15, 0.2) is 24.3 Å². The highest BCUT2D eigenvalue weighted by molar-refractivity contribution is 6.30. The third-order valence-electron chi connectivity index (χ3n) is 3.75. The Morgan fingerprint density at radius 2 is 1.73 bits per heavy atom. The fraction of sp³-hybridized carbons (Fsp3) is 0.571. The molecule has 1 aliphatic rings. The van der Waals surface area contributed by atoms with Crippen LogP contribution >= 0.6 is 11.6 Å². The smallest absolute Gasteiger partial charge is 0.0406 e. The van der Waals surface area contributed by atoms with E-state index in [1.54, 1.807) is 0 Å². The summed E-state index contributed by atoms with van der Waals surface area (Å²) in [5.74, 6) is 0. The summed E-state index contributed by atoms with van der Waals surface area (Å²) in [7, 11) is 0. The van der Waals surface area contributed by atoms with Gasteiger partial charge in [-0.05, 0) is 42.4 Å². The van der Waals surface area contributed by atoms with Gasteiger partial charge >= 0.3 is 0 Å². The van der Waals surface area contributed by atoms with Gasteiger partial charge in [0.05, 0.1) is 0 Å². The largest absolute Gasteiger partial charge is 0.0843 e. The lowest BCUT2D eigenvalue weighted by Crippen LogP contribution is -2.21. The van der Waals surface area contributed by atoms with E-state index in [-0.39, 0.29) is 0 Å². The molecule has 0 nitrogen and oxygen atoms in total. The Balaban J connectivity index is 2.28. The fourth-order valence-corrected chi connectivity index (χ4v) is 3.14. The Labute approximate surface area is 97.6 Å². The lowest BCUT2D eigenvalue weighted by atomic mass is 9.75. The Hall–Kier alpha value is -0.490. The summed E-state index contributed by atoms with van der Waals surface area (Å²) >= 11 is 5.94. The van der Waals surface area contributed by atoms with Gasteiger partial charge < -0.3 is 0 Å². The first kappa shape index (κ1) is 11.0. The molecule has 1 saturated carbocycles. The average Bonchev–Trinajstić information content (AvgIpc) is 2.69. The molecule has 1 heteroatoms. The molecule has 0 saturated heterocycles. The molecular formula is C14H19Cl. The standard InChI is InChI=1S/C14H19Cl/c1-2-9-14(10-3-4-11-14)12-5-7-13(15)8-6-12/h5-8H,2-4,9-11H2,1H3. The molecule has 0 radical (unpaired) electrons. The van der Waals surface area contributed by atoms with Crippen LogP contribution in [0.5, 0.6) is 0 Å². The molecule has 0 atom stereocenters. The summed E-state index contributed by atoms with van der Waals surface area (Å²) in [6.45, 7) is 2.29. The zero-order valence-electron chi connectivity index (χ0n) is 9.43. The molecule has 0 aromatic heterocycles. The monoisotopic (exact) mass is 222 g/mol. The summed E-state index contributed by atoms with van der Waals surface area (Å²) in [5, 5.41) is 0.850. The molecule has 82 valence electrons. The van der Waals surface area contributed by atoms with Crippen LogP contribution in [-0.2, 0) is 5.41 Å². The third kappa shape index (κ3) is 2.20. The molecule has 0 amide bonds. The van der Waals surface area contributed by atoms with Crippen molar-refractivity contribution in [2.24, 2.45) is 0 Å². The summed E-state index contributed by atoms with van der Waals surface area (Å²) in [6, 6.07) is 8.52. The minimum atomic E-state index is 0.472. The third-order valence-corrected chi connectivity index (χ3v) is 4.00. The maximum absolute atomic E-state index is 5.94. The lowest BCUT2D eigenvalue weighted by Gasteiger charge is -2.29. The van der Waals surface area contributed by atoms with E-state index in [9.17, 15) is 0 Å². The molecule has 1 aromatic carbocycles.